The topological polar surface area (TPSA) is 62.7 Å². The van der Waals surface area contributed by atoms with E-state index in [2.05, 4.69) is 4.98 Å². The molecule has 5 nitrogen and oxygen atoms in total. The number of aromatic nitrogens is 1. The van der Waals surface area contributed by atoms with Crippen LogP contribution in [0.2, 0.25) is 0 Å². The number of likely N-dealkylation sites (N-methyl/N-ethyl adjacent to an activating group) is 1. The van der Waals surface area contributed by atoms with Crippen LogP contribution in [0.5, 0.6) is 5.75 Å². The maximum absolute atomic E-state index is 11.5. The molecule has 1 amide bonds. The fraction of sp³-hybridized carbons (Fsp3) is 0.333. The molecule has 14 heavy (non-hydrogen) atoms. The standard InChI is InChI=1S/C9H10N2O3/c1-11-8-6(3-2-4-10-8)14-7(5-12)9(11)13/h2-4,7,12H,5H2,1H3. The summed E-state index contributed by atoms with van der Waals surface area (Å²) in [6, 6.07) is 3.44. The van der Waals surface area contributed by atoms with E-state index in [1.807, 2.05) is 0 Å². The third-order valence-electron chi connectivity index (χ3n) is 2.11. The third kappa shape index (κ3) is 1.22. The minimum atomic E-state index is -0.809. The summed E-state index contributed by atoms with van der Waals surface area (Å²) in [5.74, 6) is 0.731. The lowest BCUT2D eigenvalue weighted by atomic mass is 10.2. The van der Waals surface area contributed by atoms with E-state index < -0.39 is 6.10 Å². The number of fused-ring (bicyclic) bond motifs is 1. The fourth-order valence-electron chi connectivity index (χ4n) is 1.37. The van der Waals surface area contributed by atoms with Gasteiger partial charge in [-0.05, 0) is 12.1 Å². The van der Waals surface area contributed by atoms with Gasteiger partial charge in [0.15, 0.2) is 11.6 Å². The van der Waals surface area contributed by atoms with E-state index in [-0.39, 0.29) is 12.5 Å². The van der Waals surface area contributed by atoms with Crippen molar-refractivity contribution in [1.29, 1.82) is 0 Å². The zero-order valence-electron chi connectivity index (χ0n) is 7.67. The number of ether oxygens (including phenoxy) is 1. The number of carbonyl (C=O) groups is 1. The normalized spacial score (nSPS) is 20.3. The molecule has 5 heteroatoms. The van der Waals surface area contributed by atoms with Gasteiger partial charge in [0.05, 0.1) is 6.61 Å². The van der Waals surface area contributed by atoms with Crippen molar-refractivity contribution in [1.82, 2.24) is 4.98 Å². The Labute approximate surface area is 80.9 Å². The smallest absolute Gasteiger partial charge is 0.271 e. The van der Waals surface area contributed by atoms with Gasteiger partial charge in [0, 0.05) is 13.2 Å². The molecule has 1 unspecified atom stereocenters. The molecule has 0 saturated heterocycles. The Morgan fingerprint density at radius 1 is 1.71 bits per heavy atom. The van der Waals surface area contributed by atoms with Crippen molar-refractivity contribution in [3.05, 3.63) is 18.3 Å². The predicted molar refractivity (Wildman–Crippen MR) is 49.1 cm³/mol. The number of aliphatic hydroxyl groups excluding tert-OH is 1. The zero-order valence-corrected chi connectivity index (χ0v) is 7.67. The van der Waals surface area contributed by atoms with E-state index in [9.17, 15) is 4.79 Å². The number of hydrogen-bond donors (Lipinski definition) is 1. The van der Waals surface area contributed by atoms with Gasteiger partial charge in [-0.15, -0.1) is 0 Å². The summed E-state index contributed by atoms with van der Waals surface area (Å²) < 4.78 is 5.26. The van der Waals surface area contributed by atoms with E-state index in [0.29, 0.717) is 11.6 Å². The minimum absolute atomic E-state index is 0.279. The number of aliphatic hydroxyl groups is 1. The van der Waals surface area contributed by atoms with Gasteiger partial charge in [-0.1, -0.05) is 0 Å². The molecule has 1 atom stereocenters. The Kier molecular flexibility index (Phi) is 2.09. The number of hydrogen-bond acceptors (Lipinski definition) is 4. The van der Waals surface area contributed by atoms with Crippen molar-refractivity contribution >= 4 is 11.7 Å². The van der Waals surface area contributed by atoms with Crippen LogP contribution in [0.1, 0.15) is 0 Å². The van der Waals surface area contributed by atoms with Gasteiger partial charge in [-0.25, -0.2) is 4.98 Å². The van der Waals surface area contributed by atoms with Gasteiger partial charge in [0.2, 0.25) is 6.10 Å². The highest BCUT2D eigenvalue weighted by Gasteiger charge is 2.32. The fourth-order valence-corrected chi connectivity index (χ4v) is 1.37. The molecule has 1 N–H and O–H groups in total. The van der Waals surface area contributed by atoms with Gasteiger partial charge < -0.3 is 9.84 Å². The second kappa shape index (κ2) is 3.26. The lowest BCUT2D eigenvalue weighted by Gasteiger charge is -2.29. The SMILES string of the molecule is CN1C(=O)C(CO)Oc2cccnc21. The lowest BCUT2D eigenvalue weighted by molar-refractivity contribution is -0.127. The Morgan fingerprint density at radius 3 is 3.21 bits per heavy atom. The number of anilines is 1. The van der Waals surface area contributed by atoms with Crippen molar-refractivity contribution in [3.8, 4) is 5.75 Å². The number of rotatable bonds is 1. The zero-order chi connectivity index (χ0) is 10.1. The first-order valence-corrected chi connectivity index (χ1v) is 4.24. The molecule has 2 heterocycles. The molecular weight excluding hydrogens is 184 g/mol. The number of pyridine rings is 1. The van der Waals surface area contributed by atoms with E-state index in [1.54, 1.807) is 25.4 Å². The molecule has 0 bridgehead atoms. The maximum atomic E-state index is 11.5. The molecule has 1 aromatic heterocycles. The molecule has 0 aromatic carbocycles. The second-order valence-electron chi connectivity index (χ2n) is 3.01. The third-order valence-corrected chi connectivity index (χ3v) is 2.11. The first-order chi connectivity index (χ1) is 6.74. The largest absolute Gasteiger partial charge is 0.474 e. The van der Waals surface area contributed by atoms with Gasteiger partial charge in [0.1, 0.15) is 0 Å². The first kappa shape index (κ1) is 8.96. The minimum Gasteiger partial charge on any atom is -0.474 e. The van der Waals surface area contributed by atoms with E-state index in [1.165, 1.54) is 4.90 Å². The van der Waals surface area contributed by atoms with Crippen LogP contribution in [0.4, 0.5) is 5.82 Å². The molecule has 0 spiro atoms. The summed E-state index contributed by atoms with van der Waals surface area (Å²) >= 11 is 0. The van der Waals surface area contributed by atoms with E-state index in [4.69, 9.17) is 9.84 Å². The monoisotopic (exact) mass is 194 g/mol. The molecule has 2 rings (SSSR count). The van der Waals surface area contributed by atoms with Crippen LogP contribution in [0.25, 0.3) is 0 Å². The lowest BCUT2D eigenvalue weighted by Crippen LogP contribution is -2.46. The van der Waals surface area contributed by atoms with Crippen LogP contribution in [0.15, 0.2) is 18.3 Å². The highest BCUT2D eigenvalue weighted by molar-refractivity contribution is 5.98. The van der Waals surface area contributed by atoms with Crippen molar-refractivity contribution in [3.63, 3.8) is 0 Å². The van der Waals surface area contributed by atoms with Gasteiger partial charge in [-0.3, -0.25) is 9.69 Å². The first-order valence-electron chi connectivity index (χ1n) is 4.24. The van der Waals surface area contributed by atoms with E-state index >= 15 is 0 Å². The molecule has 0 aliphatic carbocycles. The summed E-state index contributed by atoms with van der Waals surface area (Å²) in [7, 11) is 1.61. The molecular formula is C9H10N2O3. The van der Waals surface area contributed by atoms with Gasteiger partial charge in [0.25, 0.3) is 5.91 Å². The number of amides is 1. The predicted octanol–water partition coefficient (Wildman–Crippen LogP) is -0.202. The Balaban J connectivity index is 2.42. The van der Waals surface area contributed by atoms with Crippen LogP contribution in [-0.4, -0.2) is 35.8 Å². The molecule has 0 radical (unpaired) electrons. The highest BCUT2D eigenvalue weighted by Crippen LogP contribution is 2.29. The average Bonchev–Trinajstić information content (AvgIpc) is 2.23. The Bertz CT molecular complexity index is 367. The molecule has 1 aliphatic heterocycles. The van der Waals surface area contributed by atoms with Gasteiger partial charge in [-0.2, -0.15) is 0 Å². The molecule has 1 aliphatic rings. The van der Waals surface area contributed by atoms with Crippen molar-refractivity contribution in [2.75, 3.05) is 18.6 Å². The van der Waals surface area contributed by atoms with Crippen LogP contribution in [-0.2, 0) is 4.79 Å². The van der Waals surface area contributed by atoms with Crippen molar-refractivity contribution in [2.45, 2.75) is 6.10 Å². The summed E-state index contributed by atoms with van der Waals surface area (Å²) in [4.78, 5) is 16.9. The van der Waals surface area contributed by atoms with Crippen molar-refractivity contribution in [2.24, 2.45) is 0 Å². The molecule has 1 aromatic rings. The Morgan fingerprint density at radius 2 is 2.50 bits per heavy atom. The summed E-state index contributed by atoms with van der Waals surface area (Å²) in [5.41, 5.74) is 0. The Hall–Kier alpha value is -1.62. The van der Waals surface area contributed by atoms with Crippen LogP contribution in [0, 0.1) is 0 Å². The summed E-state index contributed by atoms with van der Waals surface area (Å²) in [6.45, 7) is -0.322. The molecule has 0 saturated carbocycles. The second-order valence-corrected chi connectivity index (χ2v) is 3.01. The summed E-state index contributed by atoms with van der Waals surface area (Å²) in [5, 5.41) is 8.91. The van der Waals surface area contributed by atoms with Crippen LogP contribution >= 0.6 is 0 Å². The van der Waals surface area contributed by atoms with Crippen LogP contribution in [0.3, 0.4) is 0 Å². The molecule has 0 fully saturated rings. The van der Waals surface area contributed by atoms with Crippen LogP contribution < -0.4 is 9.64 Å². The number of carbonyl (C=O) groups excluding carboxylic acids is 1. The van der Waals surface area contributed by atoms with Gasteiger partial charge >= 0.3 is 0 Å². The van der Waals surface area contributed by atoms with Crippen molar-refractivity contribution < 1.29 is 14.6 Å². The highest BCUT2D eigenvalue weighted by atomic mass is 16.5. The average molecular weight is 194 g/mol. The number of nitrogens with zero attached hydrogens (tertiary/aromatic N) is 2. The quantitative estimate of drug-likeness (QED) is 0.672. The summed E-state index contributed by atoms with van der Waals surface area (Å²) in [6.07, 6.45) is 0.780. The molecule has 74 valence electrons. The maximum Gasteiger partial charge on any atom is 0.271 e. The van der Waals surface area contributed by atoms with E-state index in [0.717, 1.165) is 0 Å².